The molecule has 6 heteroatoms. The first-order chi connectivity index (χ1) is 11.7. The first-order valence-electron chi connectivity index (χ1n) is 7.64. The normalized spacial score (nSPS) is 12.0. The van der Waals surface area contributed by atoms with Gasteiger partial charge in [0.25, 0.3) is 0 Å². The highest BCUT2D eigenvalue weighted by molar-refractivity contribution is 6.04. The molecule has 0 fully saturated rings. The smallest absolute Gasteiger partial charge is 0.337 e. The van der Waals surface area contributed by atoms with E-state index in [-0.39, 0.29) is 11.6 Å². The highest BCUT2D eigenvalue weighted by Gasteiger charge is 2.16. The maximum absolute atomic E-state index is 11.4. The summed E-state index contributed by atoms with van der Waals surface area (Å²) >= 11 is 0. The van der Waals surface area contributed by atoms with E-state index in [0.717, 1.165) is 5.56 Å². The van der Waals surface area contributed by atoms with E-state index in [1.54, 1.807) is 12.1 Å². The standard InChI is InChI=1S/C18H18N4O2/c1-19-10-15(12-6-3-2-4-7-12)22-17-13-8-5-9-14(18(23)24)16(13)20-11-21-17/h2-9,11,15,19H,10H2,1H3,(H,23,24)(H,20,21,22)/t15-/m0/s1. The number of hydrogen-bond donors (Lipinski definition) is 3. The van der Waals surface area contributed by atoms with E-state index in [9.17, 15) is 9.90 Å². The Hall–Kier alpha value is -2.99. The fourth-order valence-electron chi connectivity index (χ4n) is 2.68. The molecule has 3 aromatic rings. The lowest BCUT2D eigenvalue weighted by Gasteiger charge is -2.20. The Morgan fingerprint density at radius 3 is 2.62 bits per heavy atom. The number of aromatic nitrogens is 2. The zero-order valence-corrected chi connectivity index (χ0v) is 13.2. The van der Waals surface area contributed by atoms with Gasteiger partial charge in [0, 0.05) is 11.9 Å². The van der Waals surface area contributed by atoms with Gasteiger partial charge in [0.2, 0.25) is 0 Å². The molecule has 2 aromatic carbocycles. The lowest BCUT2D eigenvalue weighted by Crippen LogP contribution is -2.24. The highest BCUT2D eigenvalue weighted by atomic mass is 16.4. The van der Waals surface area contributed by atoms with Gasteiger partial charge in [0.1, 0.15) is 12.1 Å². The third-order valence-electron chi connectivity index (χ3n) is 3.82. The van der Waals surface area contributed by atoms with Gasteiger partial charge in [0.05, 0.1) is 17.1 Å². The van der Waals surface area contributed by atoms with Crippen LogP contribution in [0.2, 0.25) is 0 Å². The van der Waals surface area contributed by atoms with Crippen LogP contribution in [0.1, 0.15) is 22.0 Å². The molecule has 6 nitrogen and oxygen atoms in total. The van der Waals surface area contributed by atoms with Crippen LogP contribution >= 0.6 is 0 Å². The summed E-state index contributed by atoms with van der Waals surface area (Å²) in [6.07, 6.45) is 1.39. The van der Waals surface area contributed by atoms with Crippen molar-refractivity contribution < 1.29 is 9.90 Å². The number of aromatic carboxylic acids is 1. The number of rotatable bonds is 6. The zero-order valence-electron chi connectivity index (χ0n) is 13.2. The van der Waals surface area contributed by atoms with Crippen LogP contribution in [0.3, 0.4) is 0 Å². The van der Waals surface area contributed by atoms with E-state index in [0.29, 0.717) is 23.3 Å². The number of hydrogen-bond acceptors (Lipinski definition) is 5. The molecule has 0 aliphatic heterocycles. The molecule has 3 N–H and O–H groups in total. The van der Waals surface area contributed by atoms with Crippen LogP contribution in [0.4, 0.5) is 5.82 Å². The molecule has 1 aromatic heterocycles. The lowest BCUT2D eigenvalue weighted by atomic mass is 10.1. The van der Waals surface area contributed by atoms with Crippen LogP contribution in [-0.2, 0) is 0 Å². The summed E-state index contributed by atoms with van der Waals surface area (Å²) in [5.74, 6) is -0.382. The molecule has 0 aliphatic carbocycles. The van der Waals surface area contributed by atoms with Crippen LogP contribution in [0, 0.1) is 0 Å². The lowest BCUT2D eigenvalue weighted by molar-refractivity contribution is 0.0699. The molecule has 0 radical (unpaired) electrons. The van der Waals surface area contributed by atoms with Crippen molar-refractivity contribution in [2.45, 2.75) is 6.04 Å². The molecule has 0 bridgehead atoms. The quantitative estimate of drug-likeness (QED) is 0.647. The predicted octanol–water partition coefficient (Wildman–Crippen LogP) is 2.70. The molecule has 1 heterocycles. The number of nitrogens with one attached hydrogen (secondary N) is 2. The molecular formula is C18H18N4O2. The average Bonchev–Trinajstić information content (AvgIpc) is 2.61. The highest BCUT2D eigenvalue weighted by Crippen LogP contribution is 2.25. The number of nitrogens with zero attached hydrogens (tertiary/aromatic N) is 2. The van der Waals surface area contributed by atoms with E-state index in [1.165, 1.54) is 6.33 Å². The van der Waals surface area contributed by atoms with Crippen LogP contribution in [0.15, 0.2) is 54.9 Å². The van der Waals surface area contributed by atoms with E-state index in [4.69, 9.17) is 0 Å². The maximum Gasteiger partial charge on any atom is 0.337 e. The Kier molecular flexibility index (Phi) is 4.67. The van der Waals surface area contributed by atoms with Gasteiger partial charge in [-0.2, -0.15) is 0 Å². The maximum atomic E-state index is 11.4. The van der Waals surface area contributed by atoms with E-state index in [1.807, 2.05) is 43.4 Å². The molecule has 122 valence electrons. The van der Waals surface area contributed by atoms with Crippen molar-refractivity contribution in [1.29, 1.82) is 0 Å². The van der Waals surface area contributed by atoms with Crippen LogP contribution < -0.4 is 10.6 Å². The molecule has 0 amide bonds. The van der Waals surface area contributed by atoms with Gasteiger partial charge in [-0.25, -0.2) is 14.8 Å². The number of benzene rings is 2. The number of carboxylic acids is 1. The minimum atomic E-state index is -1.000. The summed E-state index contributed by atoms with van der Waals surface area (Å²) in [6, 6.07) is 15.1. The Balaban J connectivity index is 2.02. The van der Waals surface area contributed by atoms with Gasteiger partial charge in [-0.05, 0) is 24.7 Å². The van der Waals surface area contributed by atoms with Gasteiger partial charge in [0.15, 0.2) is 0 Å². The molecule has 0 aliphatic rings. The van der Waals surface area contributed by atoms with Crippen molar-refractivity contribution >= 4 is 22.7 Å². The SMILES string of the molecule is CNC[C@H](Nc1ncnc2c(C(=O)O)cccc12)c1ccccc1. The Labute approximate surface area is 139 Å². The summed E-state index contributed by atoms with van der Waals surface area (Å²) in [5.41, 5.74) is 1.72. The second-order valence-electron chi connectivity index (χ2n) is 5.39. The summed E-state index contributed by atoms with van der Waals surface area (Å²) < 4.78 is 0. The minimum Gasteiger partial charge on any atom is -0.478 e. The van der Waals surface area contributed by atoms with Crippen molar-refractivity contribution in [2.75, 3.05) is 18.9 Å². The van der Waals surface area contributed by atoms with Gasteiger partial charge >= 0.3 is 5.97 Å². The first kappa shape index (κ1) is 15.9. The van der Waals surface area contributed by atoms with Crippen LogP contribution in [0.5, 0.6) is 0 Å². The zero-order chi connectivity index (χ0) is 16.9. The fraction of sp³-hybridized carbons (Fsp3) is 0.167. The van der Waals surface area contributed by atoms with E-state index < -0.39 is 5.97 Å². The molecule has 0 saturated heterocycles. The number of fused-ring (bicyclic) bond motifs is 1. The molecule has 0 unspecified atom stereocenters. The molecule has 3 rings (SSSR count). The Morgan fingerprint density at radius 1 is 1.12 bits per heavy atom. The second-order valence-corrected chi connectivity index (χ2v) is 5.39. The minimum absolute atomic E-state index is 0.00258. The van der Waals surface area contributed by atoms with Gasteiger partial charge in [-0.3, -0.25) is 0 Å². The largest absolute Gasteiger partial charge is 0.478 e. The summed E-state index contributed by atoms with van der Waals surface area (Å²) in [7, 11) is 1.89. The third kappa shape index (κ3) is 3.18. The van der Waals surface area contributed by atoms with Crippen molar-refractivity contribution in [1.82, 2.24) is 15.3 Å². The van der Waals surface area contributed by atoms with Crippen molar-refractivity contribution in [3.05, 3.63) is 66.0 Å². The van der Waals surface area contributed by atoms with Crippen LogP contribution in [0.25, 0.3) is 10.9 Å². The topological polar surface area (TPSA) is 87.1 Å². The summed E-state index contributed by atoms with van der Waals surface area (Å²) in [6.45, 7) is 0.703. The third-order valence-corrected chi connectivity index (χ3v) is 3.82. The Morgan fingerprint density at radius 2 is 1.92 bits per heavy atom. The van der Waals surface area contributed by atoms with Crippen molar-refractivity contribution in [3.8, 4) is 0 Å². The average molecular weight is 322 g/mol. The monoisotopic (exact) mass is 322 g/mol. The van der Waals surface area contributed by atoms with Gasteiger partial charge in [-0.1, -0.05) is 36.4 Å². The van der Waals surface area contributed by atoms with Gasteiger partial charge in [-0.15, -0.1) is 0 Å². The Bertz CT molecular complexity index is 852. The molecular weight excluding hydrogens is 304 g/mol. The number of anilines is 1. The molecule has 0 spiro atoms. The van der Waals surface area contributed by atoms with Crippen molar-refractivity contribution in [2.24, 2.45) is 0 Å². The fourth-order valence-corrected chi connectivity index (χ4v) is 2.68. The van der Waals surface area contributed by atoms with Crippen LogP contribution in [-0.4, -0.2) is 34.6 Å². The first-order valence-corrected chi connectivity index (χ1v) is 7.64. The molecule has 24 heavy (non-hydrogen) atoms. The number of carboxylic acid groups (broad SMARTS) is 1. The number of carbonyl (C=O) groups is 1. The molecule has 1 atom stereocenters. The predicted molar refractivity (Wildman–Crippen MR) is 93.2 cm³/mol. The van der Waals surface area contributed by atoms with Crippen molar-refractivity contribution in [3.63, 3.8) is 0 Å². The van der Waals surface area contributed by atoms with Gasteiger partial charge < -0.3 is 15.7 Å². The summed E-state index contributed by atoms with van der Waals surface area (Å²) in [4.78, 5) is 19.8. The van der Waals surface area contributed by atoms with E-state index >= 15 is 0 Å². The molecule has 0 saturated carbocycles. The summed E-state index contributed by atoms with van der Waals surface area (Å²) in [5, 5.41) is 16.6. The number of likely N-dealkylation sites (N-methyl/N-ethyl adjacent to an activating group) is 1. The second kappa shape index (κ2) is 7.06. The number of para-hydroxylation sites is 1. The van der Waals surface area contributed by atoms with E-state index in [2.05, 4.69) is 20.6 Å².